The molecule has 14 heavy (non-hydrogen) atoms. The Morgan fingerprint density at radius 1 is 1.43 bits per heavy atom. The molecule has 3 rings (SSSR count). The number of aliphatic imine (C=N–C) groups is 2. The highest BCUT2D eigenvalue weighted by Crippen LogP contribution is 2.27. The summed E-state index contributed by atoms with van der Waals surface area (Å²) in [5, 5.41) is 0. The molecule has 1 atom stereocenters. The van der Waals surface area contributed by atoms with Crippen LogP contribution in [-0.2, 0) is 6.42 Å². The maximum Gasteiger partial charge on any atom is 0.107 e. The third kappa shape index (κ3) is 1.11. The maximum absolute atomic E-state index is 4.57. The molecule has 1 unspecified atom stereocenters. The van der Waals surface area contributed by atoms with Gasteiger partial charge in [0, 0.05) is 12.6 Å². The van der Waals surface area contributed by atoms with Gasteiger partial charge in [-0.05, 0) is 29.8 Å². The Balaban J connectivity index is 1.95. The van der Waals surface area contributed by atoms with Crippen molar-refractivity contribution in [1.82, 2.24) is 0 Å². The van der Waals surface area contributed by atoms with E-state index in [9.17, 15) is 0 Å². The van der Waals surface area contributed by atoms with Crippen LogP contribution in [0.3, 0.4) is 0 Å². The molecule has 1 radical (unpaired) electrons. The first kappa shape index (κ1) is 7.68. The molecule has 0 saturated heterocycles. The number of rotatable bonds is 1. The van der Waals surface area contributed by atoms with Crippen LogP contribution in [0.15, 0.2) is 40.3 Å². The fourth-order valence-electron chi connectivity index (χ4n) is 1.81. The standard InChI is InChI=1S/C12H9N2/c1-2-5-10-9(4-1)8-12(14-10)11-6-3-7-13-11/h2-7,11H,8H2. The van der Waals surface area contributed by atoms with Crippen LogP contribution in [-0.4, -0.2) is 18.0 Å². The van der Waals surface area contributed by atoms with E-state index in [1.54, 1.807) is 0 Å². The van der Waals surface area contributed by atoms with Gasteiger partial charge in [-0.2, -0.15) is 0 Å². The summed E-state index contributed by atoms with van der Waals surface area (Å²) in [6.07, 6.45) is 6.80. The first-order chi connectivity index (χ1) is 6.93. The molecule has 1 aromatic carbocycles. The molecule has 2 heterocycles. The van der Waals surface area contributed by atoms with Crippen molar-refractivity contribution < 1.29 is 0 Å². The summed E-state index contributed by atoms with van der Waals surface area (Å²) in [4.78, 5) is 8.89. The molecule has 1 aromatic rings. The second-order valence-electron chi connectivity index (χ2n) is 3.46. The number of hydrogen-bond donors (Lipinski definition) is 0. The van der Waals surface area contributed by atoms with Gasteiger partial charge in [0.1, 0.15) is 6.04 Å². The number of allylic oxidation sites excluding steroid dienone is 1. The maximum atomic E-state index is 4.57. The Hall–Kier alpha value is -1.70. The number of benzene rings is 1. The van der Waals surface area contributed by atoms with E-state index in [0.717, 1.165) is 17.8 Å². The van der Waals surface area contributed by atoms with Crippen molar-refractivity contribution in [3.63, 3.8) is 0 Å². The molecule has 0 aliphatic carbocycles. The molecule has 2 aliphatic heterocycles. The Morgan fingerprint density at radius 2 is 2.43 bits per heavy atom. The Bertz CT molecular complexity index is 443. The van der Waals surface area contributed by atoms with Gasteiger partial charge in [-0.1, -0.05) is 12.1 Å². The van der Waals surface area contributed by atoms with E-state index in [4.69, 9.17) is 0 Å². The molecule has 67 valence electrons. The summed E-state index contributed by atoms with van der Waals surface area (Å²) in [6.45, 7) is 0. The van der Waals surface area contributed by atoms with Crippen LogP contribution < -0.4 is 0 Å². The molecule has 0 amide bonds. The number of hydrogen-bond acceptors (Lipinski definition) is 2. The lowest BCUT2D eigenvalue weighted by Crippen LogP contribution is -2.14. The summed E-state index contributed by atoms with van der Waals surface area (Å²) >= 11 is 0. The Labute approximate surface area is 82.7 Å². The predicted octanol–water partition coefficient (Wildman–Crippen LogP) is 2.12. The topological polar surface area (TPSA) is 24.7 Å². The summed E-state index contributed by atoms with van der Waals surface area (Å²) in [6, 6.07) is 9.16. The number of nitrogens with zero attached hydrogens (tertiary/aromatic N) is 2. The number of fused-ring (bicyclic) bond motifs is 1. The van der Waals surface area contributed by atoms with Crippen molar-refractivity contribution >= 4 is 17.6 Å². The molecule has 0 saturated carbocycles. The Kier molecular flexibility index (Phi) is 1.60. The van der Waals surface area contributed by atoms with Gasteiger partial charge in [-0.25, -0.2) is 0 Å². The van der Waals surface area contributed by atoms with Crippen LogP contribution in [0.25, 0.3) is 0 Å². The second kappa shape index (κ2) is 2.91. The third-order valence-electron chi connectivity index (χ3n) is 2.53. The molecular weight excluding hydrogens is 172 g/mol. The normalized spacial score (nSPS) is 22.6. The lowest BCUT2D eigenvalue weighted by atomic mass is 10.1. The zero-order valence-corrected chi connectivity index (χ0v) is 7.64. The van der Waals surface area contributed by atoms with Crippen molar-refractivity contribution in [2.24, 2.45) is 9.98 Å². The molecule has 0 aromatic heterocycles. The molecule has 0 N–H and O–H groups in total. The van der Waals surface area contributed by atoms with Gasteiger partial charge in [-0.3, -0.25) is 9.98 Å². The zero-order chi connectivity index (χ0) is 9.38. The molecule has 0 fully saturated rings. The van der Waals surface area contributed by atoms with Gasteiger partial charge < -0.3 is 0 Å². The molecular formula is C12H9N2. The lowest BCUT2D eigenvalue weighted by Gasteiger charge is -2.02. The highest BCUT2D eigenvalue weighted by atomic mass is 14.9. The highest BCUT2D eigenvalue weighted by molar-refractivity contribution is 6.01. The van der Waals surface area contributed by atoms with Crippen LogP contribution in [0, 0.1) is 6.07 Å². The van der Waals surface area contributed by atoms with Gasteiger partial charge in [-0.15, -0.1) is 0 Å². The van der Waals surface area contributed by atoms with Crippen molar-refractivity contribution in [3.05, 3.63) is 42.0 Å². The largest absolute Gasteiger partial charge is 0.280 e. The first-order valence-electron chi connectivity index (χ1n) is 4.70. The predicted molar refractivity (Wildman–Crippen MR) is 57.5 cm³/mol. The smallest absolute Gasteiger partial charge is 0.107 e. The monoisotopic (exact) mass is 181 g/mol. The fraction of sp³-hybridized carbons (Fsp3) is 0.167. The van der Waals surface area contributed by atoms with Crippen LogP contribution in [0.2, 0.25) is 0 Å². The zero-order valence-electron chi connectivity index (χ0n) is 7.64. The highest BCUT2D eigenvalue weighted by Gasteiger charge is 2.20. The van der Waals surface area contributed by atoms with E-state index in [-0.39, 0.29) is 6.04 Å². The fourth-order valence-corrected chi connectivity index (χ4v) is 1.81. The molecule has 2 heteroatoms. The minimum absolute atomic E-state index is 0.169. The van der Waals surface area contributed by atoms with Gasteiger partial charge in [0.15, 0.2) is 0 Å². The van der Waals surface area contributed by atoms with Crippen LogP contribution in [0.5, 0.6) is 0 Å². The SMILES string of the molecule is [c]1ccc2c(c1)CC(C1C=CC=N1)=N2. The van der Waals surface area contributed by atoms with Crippen molar-refractivity contribution in [3.8, 4) is 0 Å². The van der Waals surface area contributed by atoms with Gasteiger partial charge in [0.25, 0.3) is 0 Å². The van der Waals surface area contributed by atoms with Crippen molar-refractivity contribution in [2.45, 2.75) is 12.5 Å². The van der Waals surface area contributed by atoms with E-state index in [0.29, 0.717) is 0 Å². The van der Waals surface area contributed by atoms with Crippen molar-refractivity contribution in [2.75, 3.05) is 0 Å². The third-order valence-corrected chi connectivity index (χ3v) is 2.53. The van der Waals surface area contributed by atoms with E-state index >= 15 is 0 Å². The van der Waals surface area contributed by atoms with Gasteiger partial charge >= 0.3 is 0 Å². The summed E-state index contributed by atoms with van der Waals surface area (Å²) in [5.41, 5.74) is 3.48. The average molecular weight is 181 g/mol. The minimum atomic E-state index is 0.169. The summed E-state index contributed by atoms with van der Waals surface area (Å²) in [7, 11) is 0. The van der Waals surface area contributed by atoms with E-state index in [1.807, 2.05) is 30.5 Å². The van der Waals surface area contributed by atoms with Crippen LogP contribution >= 0.6 is 0 Å². The first-order valence-corrected chi connectivity index (χ1v) is 4.70. The van der Waals surface area contributed by atoms with Crippen molar-refractivity contribution in [1.29, 1.82) is 0 Å². The molecule has 2 nitrogen and oxygen atoms in total. The quantitative estimate of drug-likeness (QED) is 0.634. The van der Waals surface area contributed by atoms with E-state index in [1.165, 1.54) is 5.56 Å². The van der Waals surface area contributed by atoms with Gasteiger partial charge in [0.2, 0.25) is 0 Å². The summed E-state index contributed by atoms with van der Waals surface area (Å²) in [5.74, 6) is 0. The van der Waals surface area contributed by atoms with E-state index in [2.05, 4.69) is 22.1 Å². The molecule has 0 bridgehead atoms. The minimum Gasteiger partial charge on any atom is -0.280 e. The summed E-state index contributed by atoms with van der Waals surface area (Å²) < 4.78 is 0. The van der Waals surface area contributed by atoms with E-state index < -0.39 is 0 Å². The lowest BCUT2D eigenvalue weighted by molar-refractivity contribution is 1.08. The Morgan fingerprint density at radius 3 is 3.21 bits per heavy atom. The molecule has 0 spiro atoms. The van der Waals surface area contributed by atoms with Crippen LogP contribution in [0.1, 0.15) is 5.56 Å². The van der Waals surface area contributed by atoms with Crippen LogP contribution in [0.4, 0.5) is 5.69 Å². The van der Waals surface area contributed by atoms with Gasteiger partial charge in [0.05, 0.1) is 11.4 Å². The molecule has 2 aliphatic rings. The average Bonchev–Trinajstić information content (AvgIpc) is 2.86. The second-order valence-corrected chi connectivity index (χ2v) is 3.46.